The Bertz CT molecular complexity index is 934. The molecule has 1 amide bonds. The number of rotatable bonds is 5. The lowest BCUT2D eigenvalue weighted by atomic mass is 10.1. The van der Waals surface area contributed by atoms with Gasteiger partial charge in [-0.05, 0) is 62.1 Å². The average Bonchev–Trinajstić information content (AvgIpc) is 2.63. The van der Waals surface area contributed by atoms with Gasteiger partial charge in [0.05, 0.1) is 17.3 Å². The van der Waals surface area contributed by atoms with E-state index in [0.29, 0.717) is 18.5 Å². The van der Waals surface area contributed by atoms with Crippen molar-refractivity contribution in [2.45, 2.75) is 39.8 Å². The minimum atomic E-state index is -0.356. The SMILES string of the molecule is Cc1nnc2ccc(C(=O)NCc3ccc(CC(C)O)cc3)cc2c1C. The number of aliphatic hydroxyl groups excluding tert-OH is 1. The van der Waals surface area contributed by atoms with Gasteiger partial charge in [-0.3, -0.25) is 4.79 Å². The number of nitrogens with zero attached hydrogens (tertiary/aromatic N) is 2. The summed E-state index contributed by atoms with van der Waals surface area (Å²) in [7, 11) is 0. The van der Waals surface area contributed by atoms with Crippen LogP contribution in [0.3, 0.4) is 0 Å². The predicted molar refractivity (Wildman–Crippen MR) is 102 cm³/mol. The van der Waals surface area contributed by atoms with Crippen LogP contribution >= 0.6 is 0 Å². The Morgan fingerprint density at radius 1 is 1.08 bits per heavy atom. The third-order valence-electron chi connectivity index (χ3n) is 4.52. The second-order valence-electron chi connectivity index (χ2n) is 6.69. The van der Waals surface area contributed by atoms with E-state index >= 15 is 0 Å². The van der Waals surface area contributed by atoms with Crippen molar-refractivity contribution in [1.29, 1.82) is 0 Å². The van der Waals surface area contributed by atoms with Crippen molar-refractivity contribution in [2.24, 2.45) is 0 Å². The number of fused-ring (bicyclic) bond motifs is 1. The lowest BCUT2D eigenvalue weighted by Gasteiger charge is -2.09. The molecule has 0 aliphatic heterocycles. The maximum atomic E-state index is 12.5. The van der Waals surface area contributed by atoms with Crippen LogP contribution in [0.1, 0.15) is 39.7 Å². The zero-order valence-corrected chi connectivity index (χ0v) is 15.3. The molecule has 0 spiro atoms. The van der Waals surface area contributed by atoms with E-state index in [2.05, 4.69) is 15.5 Å². The highest BCUT2D eigenvalue weighted by Gasteiger charge is 2.10. The fourth-order valence-corrected chi connectivity index (χ4v) is 2.88. The van der Waals surface area contributed by atoms with Crippen LogP contribution < -0.4 is 5.32 Å². The highest BCUT2D eigenvalue weighted by molar-refractivity contribution is 5.98. The Balaban J connectivity index is 1.70. The Morgan fingerprint density at radius 2 is 1.77 bits per heavy atom. The van der Waals surface area contributed by atoms with E-state index in [1.165, 1.54) is 0 Å². The number of carbonyl (C=O) groups is 1. The fourth-order valence-electron chi connectivity index (χ4n) is 2.88. The molecular formula is C21H23N3O2. The summed E-state index contributed by atoms with van der Waals surface area (Å²) in [5.74, 6) is -0.117. The van der Waals surface area contributed by atoms with Crippen molar-refractivity contribution in [1.82, 2.24) is 15.5 Å². The van der Waals surface area contributed by atoms with E-state index in [-0.39, 0.29) is 12.0 Å². The number of benzene rings is 2. The summed E-state index contributed by atoms with van der Waals surface area (Å²) in [6.45, 7) is 6.13. The number of hydrogen-bond acceptors (Lipinski definition) is 4. The van der Waals surface area contributed by atoms with Gasteiger partial charge in [-0.25, -0.2) is 0 Å². The van der Waals surface area contributed by atoms with E-state index in [4.69, 9.17) is 0 Å². The standard InChI is InChI=1S/C21H23N3O2/c1-13(25)10-16-4-6-17(7-5-16)12-22-21(26)18-8-9-20-19(11-18)14(2)15(3)23-24-20/h4-9,11,13,25H,10,12H2,1-3H3,(H,22,26). The second kappa shape index (κ2) is 7.62. The van der Waals surface area contributed by atoms with E-state index in [9.17, 15) is 9.90 Å². The Morgan fingerprint density at radius 3 is 2.46 bits per heavy atom. The molecule has 0 bridgehead atoms. The molecule has 134 valence electrons. The molecule has 2 aromatic carbocycles. The normalized spacial score (nSPS) is 12.2. The van der Waals surface area contributed by atoms with E-state index in [0.717, 1.165) is 33.3 Å². The number of amides is 1. The van der Waals surface area contributed by atoms with Gasteiger partial charge in [-0.1, -0.05) is 24.3 Å². The minimum Gasteiger partial charge on any atom is -0.393 e. The first kappa shape index (κ1) is 18.0. The first-order valence-corrected chi connectivity index (χ1v) is 8.72. The van der Waals surface area contributed by atoms with Crippen LogP contribution in [-0.4, -0.2) is 27.3 Å². The largest absolute Gasteiger partial charge is 0.393 e. The lowest BCUT2D eigenvalue weighted by molar-refractivity contribution is 0.0951. The molecule has 1 aromatic heterocycles. The van der Waals surface area contributed by atoms with Crippen LogP contribution in [0.15, 0.2) is 42.5 Å². The molecule has 3 rings (SSSR count). The van der Waals surface area contributed by atoms with Gasteiger partial charge < -0.3 is 10.4 Å². The maximum Gasteiger partial charge on any atom is 0.251 e. The van der Waals surface area contributed by atoms with Crippen LogP contribution in [0.2, 0.25) is 0 Å². The smallest absolute Gasteiger partial charge is 0.251 e. The zero-order valence-electron chi connectivity index (χ0n) is 15.3. The van der Waals surface area contributed by atoms with Gasteiger partial charge in [0.15, 0.2) is 0 Å². The molecule has 0 radical (unpaired) electrons. The number of hydrogen-bond donors (Lipinski definition) is 2. The quantitative estimate of drug-likeness (QED) is 0.742. The molecule has 5 heteroatoms. The molecule has 3 aromatic rings. The van der Waals surface area contributed by atoms with Crippen LogP contribution in [-0.2, 0) is 13.0 Å². The highest BCUT2D eigenvalue weighted by atomic mass is 16.3. The minimum absolute atomic E-state index is 0.117. The predicted octanol–water partition coefficient (Wildman–Crippen LogP) is 3.10. The number of aromatic nitrogens is 2. The second-order valence-corrected chi connectivity index (χ2v) is 6.69. The maximum absolute atomic E-state index is 12.5. The summed E-state index contributed by atoms with van der Waals surface area (Å²) in [5.41, 5.74) is 5.41. The molecule has 26 heavy (non-hydrogen) atoms. The van der Waals surface area contributed by atoms with Crippen molar-refractivity contribution in [2.75, 3.05) is 0 Å². The molecule has 0 saturated carbocycles. The van der Waals surface area contributed by atoms with E-state index < -0.39 is 0 Å². The van der Waals surface area contributed by atoms with Gasteiger partial charge in [-0.2, -0.15) is 10.2 Å². The molecule has 1 heterocycles. The Labute approximate surface area is 153 Å². The van der Waals surface area contributed by atoms with Gasteiger partial charge in [0.2, 0.25) is 0 Å². The number of aliphatic hydroxyl groups is 1. The van der Waals surface area contributed by atoms with Crippen LogP contribution in [0.5, 0.6) is 0 Å². The summed E-state index contributed by atoms with van der Waals surface area (Å²) in [4.78, 5) is 12.5. The van der Waals surface area contributed by atoms with Crippen molar-refractivity contribution >= 4 is 16.8 Å². The molecule has 1 atom stereocenters. The topological polar surface area (TPSA) is 75.1 Å². The van der Waals surface area contributed by atoms with Gasteiger partial charge in [0, 0.05) is 17.5 Å². The average molecular weight is 349 g/mol. The number of nitrogens with one attached hydrogen (secondary N) is 1. The Hall–Kier alpha value is -2.79. The van der Waals surface area contributed by atoms with Crippen molar-refractivity contribution in [3.05, 3.63) is 70.4 Å². The summed E-state index contributed by atoms with van der Waals surface area (Å²) < 4.78 is 0. The van der Waals surface area contributed by atoms with Crippen LogP contribution in [0.25, 0.3) is 10.9 Å². The van der Waals surface area contributed by atoms with Crippen LogP contribution in [0, 0.1) is 13.8 Å². The monoisotopic (exact) mass is 349 g/mol. The third kappa shape index (κ3) is 4.06. The molecule has 0 aliphatic carbocycles. The molecular weight excluding hydrogens is 326 g/mol. The van der Waals surface area contributed by atoms with Crippen molar-refractivity contribution < 1.29 is 9.90 Å². The summed E-state index contributed by atoms with van der Waals surface area (Å²) in [6, 6.07) is 13.4. The molecule has 0 saturated heterocycles. The van der Waals surface area contributed by atoms with E-state index in [1.54, 1.807) is 13.0 Å². The molecule has 5 nitrogen and oxygen atoms in total. The summed E-state index contributed by atoms with van der Waals surface area (Å²) in [6.07, 6.45) is 0.274. The summed E-state index contributed by atoms with van der Waals surface area (Å²) >= 11 is 0. The van der Waals surface area contributed by atoms with Crippen molar-refractivity contribution in [3.8, 4) is 0 Å². The van der Waals surface area contributed by atoms with Gasteiger partial charge in [0.25, 0.3) is 5.91 Å². The van der Waals surface area contributed by atoms with Gasteiger partial charge >= 0.3 is 0 Å². The molecule has 1 unspecified atom stereocenters. The molecule has 0 fully saturated rings. The Kier molecular flexibility index (Phi) is 5.28. The van der Waals surface area contributed by atoms with Crippen molar-refractivity contribution in [3.63, 3.8) is 0 Å². The molecule has 0 aliphatic rings. The number of carbonyl (C=O) groups excluding carboxylic acids is 1. The first-order chi connectivity index (χ1) is 12.4. The number of aryl methyl sites for hydroxylation is 2. The zero-order chi connectivity index (χ0) is 18.7. The third-order valence-corrected chi connectivity index (χ3v) is 4.52. The van der Waals surface area contributed by atoms with Gasteiger partial charge in [-0.15, -0.1) is 0 Å². The van der Waals surface area contributed by atoms with Crippen LogP contribution in [0.4, 0.5) is 0 Å². The fraction of sp³-hybridized carbons (Fsp3) is 0.286. The highest BCUT2D eigenvalue weighted by Crippen LogP contribution is 2.19. The van der Waals surface area contributed by atoms with Gasteiger partial charge in [0.1, 0.15) is 0 Å². The van der Waals surface area contributed by atoms with E-state index in [1.807, 2.05) is 50.2 Å². The summed E-state index contributed by atoms with van der Waals surface area (Å²) in [5, 5.41) is 21.6. The first-order valence-electron chi connectivity index (χ1n) is 8.72. The molecule has 2 N–H and O–H groups in total. The lowest BCUT2D eigenvalue weighted by Crippen LogP contribution is -2.22.